The molecule has 16 heavy (non-hydrogen) atoms. The quantitative estimate of drug-likeness (QED) is 0.216. The van der Waals surface area contributed by atoms with Crippen LogP contribution in [-0.4, -0.2) is 63.4 Å². The molecule has 0 radical (unpaired) electrons. The van der Waals surface area contributed by atoms with E-state index in [4.69, 9.17) is 26.7 Å². The highest BCUT2D eigenvalue weighted by Crippen LogP contribution is 2.23. The van der Waals surface area contributed by atoms with Crippen LogP contribution >= 0.6 is 0 Å². The van der Waals surface area contributed by atoms with E-state index in [9.17, 15) is 15.0 Å². The van der Waals surface area contributed by atoms with Crippen molar-refractivity contribution < 1.29 is 24.9 Å². The van der Waals surface area contributed by atoms with Gasteiger partial charge >= 0.3 is 6.03 Å². The zero-order valence-corrected chi connectivity index (χ0v) is 8.28. The fourth-order valence-corrected chi connectivity index (χ4v) is 1.47. The molecular weight excluding hydrogens is 220 g/mol. The molecule has 1 saturated heterocycles. The van der Waals surface area contributed by atoms with Crippen molar-refractivity contribution in [2.45, 2.75) is 24.5 Å². The Bertz CT molecular complexity index is 285. The fourth-order valence-electron chi connectivity index (χ4n) is 1.47. The number of nitrogens with zero attached hydrogens (tertiary/aromatic N) is 1. The highest BCUT2D eigenvalue weighted by molar-refractivity contribution is 5.93. The first-order chi connectivity index (χ1) is 7.40. The van der Waals surface area contributed by atoms with E-state index in [-0.39, 0.29) is 0 Å². The SMILES string of the molecule is N=C(N)N(C(N)=O)C1O[C@H](CO)[C@@H](O)[C@H]1O. The lowest BCUT2D eigenvalue weighted by Crippen LogP contribution is -2.54. The molecule has 2 amide bonds. The second-order valence-electron chi connectivity index (χ2n) is 3.32. The largest absolute Gasteiger partial charge is 0.394 e. The van der Waals surface area contributed by atoms with Gasteiger partial charge in [0.2, 0.25) is 0 Å². The maximum atomic E-state index is 11.0. The molecule has 9 heteroatoms. The Morgan fingerprint density at radius 1 is 1.38 bits per heavy atom. The number of primary amides is 1. The molecule has 92 valence electrons. The number of urea groups is 1. The number of hydrogen-bond acceptors (Lipinski definition) is 6. The van der Waals surface area contributed by atoms with Gasteiger partial charge in [-0.2, -0.15) is 0 Å². The van der Waals surface area contributed by atoms with Gasteiger partial charge in [-0.25, -0.2) is 9.69 Å². The van der Waals surface area contributed by atoms with E-state index in [0.29, 0.717) is 4.90 Å². The lowest BCUT2D eigenvalue weighted by Gasteiger charge is -2.26. The highest BCUT2D eigenvalue weighted by Gasteiger charge is 2.47. The van der Waals surface area contributed by atoms with E-state index in [1.54, 1.807) is 0 Å². The van der Waals surface area contributed by atoms with Crippen molar-refractivity contribution in [1.29, 1.82) is 5.41 Å². The summed E-state index contributed by atoms with van der Waals surface area (Å²) in [6.45, 7) is -0.542. The summed E-state index contributed by atoms with van der Waals surface area (Å²) >= 11 is 0. The van der Waals surface area contributed by atoms with Crippen LogP contribution in [0.2, 0.25) is 0 Å². The number of rotatable bonds is 2. The molecule has 1 unspecified atom stereocenters. The highest BCUT2D eigenvalue weighted by atomic mass is 16.6. The predicted octanol–water partition coefficient (Wildman–Crippen LogP) is -3.30. The number of aliphatic hydroxyl groups excluding tert-OH is 3. The third kappa shape index (κ3) is 2.07. The number of ether oxygens (including phenoxy) is 1. The van der Waals surface area contributed by atoms with Crippen LogP contribution in [0.5, 0.6) is 0 Å². The zero-order chi connectivity index (χ0) is 12.5. The number of aliphatic hydroxyl groups is 3. The van der Waals surface area contributed by atoms with Gasteiger partial charge in [-0.15, -0.1) is 0 Å². The van der Waals surface area contributed by atoms with E-state index >= 15 is 0 Å². The molecule has 1 aliphatic heterocycles. The standard InChI is InChI=1S/C7H14N4O5/c8-6(9)11(7(10)15)5-4(14)3(13)2(1-12)16-5/h2-5,12-14H,1H2,(H3,8,9)(H2,10,15)/t2-,3-,4-,5?/m1/s1. The third-order valence-corrected chi connectivity index (χ3v) is 2.27. The summed E-state index contributed by atoms with van der Waals surface area (Å²) in [5.41, 5.74) is 10.0. The molecule has 1 fully saturated rings. The molecule has 4 atom stereocenters. The van der Waals surface area contributed by atoms with Gasteiger partial charge in [0, 0.05) is 0 Å². The molecule has 0 aliphatic carbocycles. The minimum atomic E-state index is -1.49. The maximum absolute atomic E-state index is 11.0. The fraction of sp³-hybridized carbons (Fsp3) is 0.714. The van der Waals surface area contributed by atoms with E-state index in [1.165, 1.54) is 0 Å². The van der Waals surface area contributed by atoms with Crippen molar-refractivity contribution in [1.82, 2.24) is 4.90 Å². The van der Waals surface area contributed by atoms with Crippen LogP contribution in [0, 0.1) is 5.41 Å². The van der Waals surface area contributed by atoms with E-state index in [0.717, 1.165) is 0 Å². The van der Waals surface area contributed by atoms with Crippen molar-refractivity contribution >= 4 is 12.0 Å². The number of carbonyl (C=O) groups is 1. The van der Waals surface area contributed by atoms with Crippen LogP contribution in [0.3, 0.4) is 0 Å². The molecule has 1 aliphatic rings. The molecule has 0 aromatic carbocycles. The van der Waals surface area contributed by atoms with Crippen LogP contribution in [0.1, 0.15) is 0 Å². The first kappa shape index (κ1) is 12.6. The van der Waals surface area contributed by atoms with Gasteiger partial charge in [0.1, 0.15) is 18.3 Å². The summed E-state index contributed by atoms with van der Waals surface area (Å²) in [6.07, 6.45) is -5.30. The van der Waals surface area contributed by atoms with Gasteiger partial charge in [-0.05, 0) is 0 Å². The number of carbonyl (C=O) groups excluding carboxylic acids is 1. The van der Waals surface area contributed by atoms with Gasteiger partial charge in [0.05, 0.1) is 6.61 Å². The van der Waals surface area contributed by atoms with Crippen molar-refractivity contribution in [3.8, 4) is 0 Å². The minimum Gasteiger partial charge on any atom is -0.394 e. The van der Waals surface area contributed by atoms with E-state index in [1.807, 2.05) is 0 Å². The van der Waals surface area contributed by atoms with Gasteiger partial charge in [-0.3, -0.25) is 5.41 Å². The molecule has 0 bridgehead atoms. The number of nitrogens with one attached hydrogen (secondary N) is 1. The van der Waals surface area contributed by atoms with Crippen LogP contribution in [0.15, 0.2) is 0 Å². The summed E-state index contributed by atoms with van der Waals surface area (Å²) in [4.78, 5) is 11.5. The molecule has 0 aromatic rings. The first-order valence-corrected chi connectivity index (χ1v) is 4.45. The maximum Gasteiger partial charge on any atom is 0.323 e. The van der Waals surface area contributed by atoms with Gasteiger partial charge in [-0.1, -0.05) is 0 Å². The lowest BCUT2D eigenvalue weighted by molar-refractivity contribution is -0.0582. The number of guanidine groups is 1. The van der Waals surface area contributed by atoms with Crippen LogP contribution < -0.4 is 11.5 Å². The molecule has 0 saturated carbocycles. The number of nitrogens with two attached hydrogens (primary N) is 2. The Labute approximate surface area is 90.7 Å². The summed E-state index contributed by atoms with van der Waals surface area (Å²) in [5, 5.41) is 34.9. The smallest absolute Gasteiger partial charge is 0.323 e. The Balaban J connectivity index is 2.88. The van der Waals surface area contributed by atoms with Crippen molar-refractivity contribution in [3.63, 3.8) is 0 Å². The van der Waals surface area contributed by atoms with Crippen LogP contribution in [-0.2, 0) is 4.74 Å². The first-order valence-electron chi connectivity index (χ1n) is 4.45. The van der Waals surface area contributed by atoms with Gasteiger partial charge < -0.3 is 31.5 Å². The van der Waals surface area contributed by atoms with Crippen molar-refractivity contribution in [3.05, 3.63) is 0 Å². The summed E-state index contributed by atoms with van der Waals surface area (Å²) in [5.74, 6) is -0.720. The topological polar surface area (TPSA) is 166 Å². The van der Waals surface area contributed by atoms with Crippen molar-refractivity contribution in [2.24, 2.45) is 11.5 Å². The summed E-state index contributed by atoms with van der Waals surface area (Å²) in [6, 6.07) is -1.10. The molecule has 1 rings (SSSR count). The van der Waals surface area contributed by atoms with Crippen LogP contribution in [0.4, 0.5) is 4.79 Å². The average molecular weight is 234 g/mol. The average Bonchev–Trinajstić information content (AvgIpc) is 2.45. The Morgan fingerprint density at radius 3 is 2.25 bits per heavy atom. The Hall–Kier alpha value is -1.42. The monoisotopic (exact) mass is 234 g/mol. The molecule has 1 heterocycles. The molecular formula is C7H14N4O5. The molecule has 9 nitrogen and oxygen atoms in total. The zero-order valence-electron chi connectivity index (χ0n) is 8.28. The second kappa shape index (κ2) is 4.61. The second-order valence-corrected chi connectivity index (χ2v) is 3.32. The van der Waals surface area contributed by atoms with Crippen molar-refractivity contribution in [2.75, 3.05) is 6.61 Å². The number of amides is 2. The Morgan fingerprint density at radius 2 is 1.94 bits per heavy atom. The lowest BCUT2D eigenvalue weighted by atomic mass is 10.1. The van der Waals surface area contributed by atoms with Gasteiger partial charge in [0.25, 0.3) is 0 Å². The summed E-state index contributed by atoms with van der Waals surface area (Å²) < 4.78 is 4.97. The molecule has 0 spiro atoms. The van der Waals surface area contributed by atoms with E-state index < -0.39 is 43.1 Å². The molecule has 8 N–H and O–H groups in total. The third-order valence-electron chi connectivity index (χ3n) is 2.27. The summed E-state index contributed by atoms with van der Waals surface area (Å²) in [7, 11) is 0. The Kier molecular flexibility index (Phi) is 3.65. The number of hydrogen-bond donors (Lipinski definition) is 6. The van der Waals surface area contributed by atoms with Crippen LogP contribution in [0.25, 0.3) is 0 Å². The normalized spacial score (nSPS) is 33.7. The van der Waals surface area contributed by atoms with Gasteiger partial charge in [0.15, 0.2) is 12.2 Å². The molecule has 0 aromatic heterocycles. The predicted molar refractivity (Wildman–Crippen MR) is 51.1 cm³/mol. The minimum absolute atomic E-state index is 0.490. The van der Waals surface area contributed by atoms with E-state index in [2.05, 4.69) is 0 Å².